The molecule has 0 radical (unpaired) electrons. The molecule has 0 aliphatic heterocycles. The summed E-state index contributed by atoms with van der Waals surface area (Å²) in [5.74, 6) is 1.99. The molecule has 1 aliphatic carbocycles. The molecule has 52 valence electrons. The Hall–Kier alpha value is -0.260. The zero-order valence-corrected chi connectivity index (χ0v) is 6.65. The molecule has 0 aromatic heterocycles. The van der Waals surface area contributed by atoms with Gasteiger partial charge in [0.2, 0.25) is 0 Å². The normalized spacial score (nSPS) is 34.8. The summed E-state index contributed by atoms with van der Waals surface area (Å²) in [7, 11) is 0. The monoisotopic (exact) mass is 124 g/mol. The average molecular weight is 124 g/mol. The predicted molar refractivity (Wildman–Crippen MR) is 41.3 cm³/mol. The van der Waals surface area contributed by atoms with E-state index in [1.54, 1.807) is 5.57 Å². The van der Waals surface area contributed by atoms with Gasteiger partial charge in [0.1, 0.15) is 0 Å². The first kappa shape index (κ1) is 6.85. The third kappa shape index (κ3) is 1.35. The van der Waals surface area contributed by atoms with E-state index in [9.17, 15) is 0 Å². The van der Waals surface area contributed by atoms with Gasteiger partial charge in [-0.3, -0.25) is 0 Å². The average Bonchev–Trinajstić information content (AvgIpc) is 2.64. The lowest BCUT2D eigenvalue weighted by Gasteiger charge is -1.94. The Morgan fingerprint density at radius 3 is 2.67 bits per heavy atom. The molecule has 0 aromatic carbocycles. The van der Waals surface area contributed by atoms with Crippen LogP contribution in [0.2, 0.25) is 0 Å². The van der Waals surface area contributed by atoms with Crippen LogP contribution in [-0.4, -0.2) is 0 Å². The molecule has 0 N–H and O–H groups in total. The van der Waals surface area contributed by atoms with Gasteiger partial charge in [-0.25, -0.2) is 0 Å². The minimum absolute atomic E-state index is 0.958. The zero-order chi connectivity index (χ0) is 6.85. The van der Waals surface area contributed by atoms with Crippen molar-refractivity contribution in [2.75, 3.05) is 0 Å². The van der Waals surface area contributed by atoms with Crippen LogP contribution in [0.4, 0.5) is 0 Å². The molecule has 0 amide bonds. The second-order valence-corrected chi connectivity index (χ2v) is 3.04. The van der Waals surface area contributed by atoms with Gasteiger partial charge in [-0.15, -0.1) is 0 Å². The van der Waals surface area contributed by atoms with Crippen molar-refractivity contribution >= 4 is 0 Å². The molecule has 0 spiro atoms. The second kappa shape index (κ2) is 2.55. The van der Waals surface area contributed by atoms with Crippen LogP contribution in [0.25, 0.3) is 0 Å². The van der Waals surface area contributed by atoms with Crippen molar-refractivity contribution in [1.29, 1.82) is 0 Å². The molecule has 2 unspecified atom stereocenters. The maximum atomic E-state index is 2.29. The topological polar surface area (TPSA) is 0 Å². The van der Waals surface area contributed by atoms with Crippen LogP contribution in [0.5, 0.6) is 0 Å². The van der Waals surface area contributed by atoms with Gasteiger partial charge >= 0.3 is 0 Å². The summed E-state index contributed by atoms with van der Waals surface area (Å²) >= 11 is 0. The smallest absolute Gasteiger partial charge is 0.0175 e. The number of rotatable bonds is 2. The maximum absolute atomic E-state index is 2.29. The molecule has 1 rings (SSSR count). The fourth-order valence-corrected chi connectivity index (χ4v) is 1.47. The fraction of sp³-hybridized carbons (Fsp3) is 0.778. The highest BCUT2D eigenvalue weighted by atomic mass is 14.4. The number of hydrogen-bond donors (Lipinski definition) is 0. The summed E-state index contributed by atoms with van der Waals surface area (Å²) in [6.07, 6.45) is 5.07. The predicted octanol–water partition coefficient (Wildman–Crippen LogP) is 3.00. The highest BCUT2D eigenvalue weighted by molar-refractivity contribution is 5.11. The highest BCUT2D eigenvalue weighted by Gasteiger charge is 2.35. The summed E-state index contributed by atoms with van der Waals surface area (Å²) in [6.45, 7) is 6.67. The molecular formula is C9H16. The minimum Gasteiger partial charge on any atom is -0.0884 e. The van der Waals surface area contributed by atoms with Crippen molar-refractivity contribution in [2.45, 2.75) is 33.6 Å². The van der Waals surface area contributed by atoms with E-state index >= 15 is 0 Å². The number of hydrogen-bond acceptors (Lipinski definition) is 0. The molecule has 9 heavy (non-hydrogen) atoms. The Balaban J connectivity index is 2.33. The van der Waals surface area contributed by atoms with Gasteiger partial charge in [0.05, 0.1) is 0 Å². The number of allylic oxidation sites excluding steroid dienone is 2. The van der Waals surface area contributed by atoms with E-state index in [-0.39, 0.29) is 0 Å². The summed E-state index contributed by atoms with van der Waals surface area (Å²) in [4.78, 5) is 0. The van der Waals surface area contributed by atoms with Crippen molar-refractivity contribution < 1.29 is 0 Å². The van der Waals surface area contributed by atoms with Crippen molar-refractivity contribution in [3.05, 3.63) is 11.6 Å². The molecule has 1 fully saturated rings. The van der Waals surface area contributed by atoms with E-state index in [4.69, 9.17) is 0 Å². The van der Waals surface area contributed by atoms with Crippen LogP contribution in [-0.2, 0) is 0 Å². The van der Waals surface area contributed by atoms with Crippen LogP contribution in [0, 0.1) is 11.8 Å². The van der Waals surface area contributed by atoms with E-state index in [0.717, 1.165) is 11.8 Å². The molecule has 1 aliphatic rings. The molecular weight excluding hydrogens is 108 g/mol. The summed E-state index contributed by atoms with van der Waals surface area (Å²) in [5, 5.41) is 0. The molecule has 0 heterocycles. The maximum Gasteiger partial charge on any atom is -0.0175 e. The van der Waals surface area contributed by atoms with Crippen LogP contribution in [0.1, 0.15) is 33.6 Å². The first-order valence-electron chi connectivity index (χ1n) is 3.92. The largest absolute Gasteiger partial charge is 0.0884 e. The van der Waals surface area contributed by atoms with E-state index in [1.807, 2.05) is 0 Å². The lowest BCUT2D eigenvalue weighted by Crippen LogP contribution is -1.81. The Morgan fingerprint density at radius 1 is 1.67 bits per heavy atom. The lowest BCUT2D eigenvalue weighted by molar-refractivity contribution is 0.736. The van der Waals surface area contributed by atoms with Crippen molar-refractivity contribution in [1.82, 2.24) is 0 Å². The van der Waals surface area contributed by atoms with Gasteiger partial charge in [0.15, 0.2) is 0 Å². The highest BCUT2D eigenvalue weighted by Crippen LogP contribution is 2.45. The Bertz CT molecular complexity index is 122. The van der Waals surface area contributed by atoms with E-state index < -0.39 is 0 Å². The summed E-state index contributed by atoms with van der Waals surface area (Å²) in [5.41, 5.74) is 1.60. The molecule has 2 atom stereocenters. The van der Waals surface area contributed by atoms with Crippen LogP contribution < -0.4 is 0 Å². The molecule has 0 aromatic rings. The lowest BCUT2D eigenvalue weighted by atomic mass is 10.1. The van der Waals surface area contributed by atoms with Crippen molar-refractivity contribution in [2.24, 2.45) is 11.8 Å². The van der Waals surface area contributed by atoms with Gasteiger partial charge in [0, 0.05) is 0 Å². The molecule has 0 nitrogen and oxygen atoms in total. The first-order valence-corrected chi connectivity index (χ1v) is 3.92. The fourth-order valence-electron chi connectivity index (χ4n) is 1.47. The van der Waals surface area contributed by atoms with Crippen LogP contribution in [0.15, 0.2) is 11.6 Å². The third-order valence-electron chi connectivity index (χ3n) is 2.49. The summed E-state index contributed by atoms with van der Waals surface area (Å²) in [6, 6.07) is 0. The summed E-state index contributed by atoms with van der Waals surface area (Å²) < 4.78 is 0. The van der Waals surface area contributed by atoms with Crippen molar-refractivity contribution in [3.63, 3.8) is 0 Å². The Labute approximate surface area is 58.0 Å². The van der Waals surface area contributed by atoms with Crippen LogP contribution in [0.3, 0.4) is 0 Å². The molecule has 1 saturated carbocycles. The molecule has 0 saturated heterocycles. The quantitative estimate of drug-likeness (QED) is 0.496. The Morgan fingerprint density at radius 2 is 2.33 bits per heavy atom. The first-order chi connectivity index (χ1) is 4.29. The van der Waals surface area contributed by atoms with E-state index in [1.165, 1.54) is 12.8 Å². The SMILES string of the molecule is CC=C(C)C1CC1CC. The van der Waals surface area contributed by atoms with Crippen molar-refractivity contribution in [3.8, 4) is 0 Å². The van der Waals surface area contributed by atoms with Crippen LogP contribution >= 0.6 is 0 Å². The second-order valence-electron chi connectivity index (χ2n) is 3.04. The van der Waals surface area contributed by atoms with Gasteiger partial charge in [-0.05, 0) is 32.1 Å². The third-order valence-corrected chi connectivity index (χ3v) is 2.49. The van der Waals surface area contributed by atoms with Gasteiger partial charge in [-0.1, -0.05) is 25.0 Å². The zero-order valence-electron chi connectivity index (χ0n) is 6.65. The molecule has 0 bridgehead atoms. The standard InChI is InChI=1S/C9H16/c1-4-7(3)9-6-8(9)5-2/h4,8-9H,5-6H2,1-3H3. The Kier molecular flexibility index (Phi) is 1.94. The van der Waals surface area contributed by atoms with E-state index in [2.05, 4.69) is 26.8 Å². The minimum atomic E-state index is 0.958. The van der Waals surface area contributed by atoms with Gasteiger partial charge in [0.25, 0.3) is 0 Å². The molecule has 0 heteroatoms. The van der Waals surface area contributed by atoms with Gasteiger partial charge in [-0.2, -0.15) is 0 Å². The van der Waals surface area contributed by atoms with E-state index in [0.29, 0.717) is 0 Å². The van der Waals surface area contributed by atoms with Gasteiger partial charge < -0.3 is 0 Å².